The van der Waals surface area contributed by atoms with Gasteiger partial charge in [-0.3, -0.25) is 20.2 Å². The topological polar surface area (TPSA) is 97.6 Å². The number of carbonyl (C=O) groups is 1. The third-order valence-corrected chi connectivity index (χ3v) is 6.43. The van der Waals surface area contributed by atoms with E-state index in [-0.39, 0.29) is 11.3 Å². The van der Waals surface area contributed by atoms with E-state index in [1.54, 1.807) is 19.2 Å². The highest BCUT2D eigenvalue weighted by Crippen LogP contribution is 2.33. The summed E-state index contributed by atoms with van der Waals surface area (Å²) in [6.45, 7) is 3.75. The number of nitrogens with one attached hydrogen (secondary N) is 1. The number of thiazole rings is 1. The summed E-state index contributed by atoms with van der Waals surface area (Å²) in [6.07, 6.45) is 2.00. The molecule has 1 aromatic heterocycles. The van der Waals surface area contributed by atoms with Crippen LogP contribution in [0.4, 0.5) is 16.5 Å². The van der Waals surface area contributed by atoms with Crippen LogP contribution in [0.3, 0.4) is 0 Å². The number of ether oxygens (including phenoxy) is 1. The Balaban J connectivity index is 1.50. The van der Waals surface area contributed by atoms with Gasteiger partial charge in [0.25, 0.3) is 11.6 Å². The van der Waals surface area contributed by atoms with Crippen LogP contribution in [0.15, 0.2) is 47.8 Å². The fourth-order valence-corrected chi connectivity index (χ4v) is 4.44. The lowest BCUT2D eigenvalue weighted by atomic mass is 9.98. The van der Waals surface area contributed by atoms with E-state index in [0.29, 0.717) is 16.7 Å². The molecule has 2 heterocycles. The molecule has 9 heteroatoms. The van der Waals surface area contributed by atoms with Gasteiger partial charge >= 0.3 is 0 Å². The molecule has 0 unspecified atom stereocenters. The van der Waals surface area contributed by atoms with Gasteiger partial charge in [0.1, 0.15) is 11.4 Å². The summed E-state index contributed by atoms with van der Waals surface area (Å²) in [5.41, 5.74) is 2.37. The predicted molar refractivity (Wildman–Crippen MR) is 126 cm³/mol. The van der Waals surface area contributed by atoms with Crippen LogP contribution < -0.4 is 15.0 Å². The molecule has 1 saturated heterocycles. The molecule has 2 aromatic carbocycles. The van der Waals surface area contributed by atoms with Gasteiger partial charge in [0, 0.05) is 35.7 Å². The van der Waals surface area contributed by atoms with E-state index in [2.05, 4.69) is 17.2 Å². The van der Waals surface area contributed by atoms with Crippen molar-refractivity contribution in [2.75, 3.05) is 30.4 Å². The lowest BCUT2D eigenvalue weighted by Gasteiger charge is -2.31. The van der Waals surface area contributed by atoms with Crippen LogP contribution in [-0.4, -0.2) is 36.0 Å². The zero-order valence-corrected chi connectivity index (χ0v) is 18.7. The highest BCUT2D eigenvalue weighted by atomic mass is 32.1. The standard InChI is InChI=1S/C23H24N4O4S/c1-15-9-11-26(12-10-15)20-8-5-17(13-21(20)27(29)30)22(28)25-23-24-19(14-32-23)16-3-6-18(31-2)7-4-16/h3-8,13-15H,9-12H2,1-2H3,(H,24,25,28). The molecule has 1 fully saturated rings. The number of amides is 1. The Labute approximate surface area is 190 Å². The maximum absolute atomic E-state index is 12.8. The maximum atomic E-state index is 12.8. The Hall–Kier alpha value is -3.46. The summed E-state index contributed by atoms with van der Waals surface area (Å²) in [5.74, 6) is 0.945. The van der Waals surface area contributed by atoms with E-state index in [1.165, 1.54) is 17.4 Å². The van der Waals surface area contributed by atoms with Gasteiger partial charge < -0.3 is 9.64 Å². The Morgan fingerprint density at radius 2 is 1.94 bits per heavy atom. The molecule has 3 aromatic rings. The number of hydrogen-bond donors (Lipinski definition) is 1. The number of nitro benzene ring substituents is 1. The first-order chi connectivity index (χ1) is 15.4. The first-order valence-corrected chi connectivity index (χ1v) is 11.3. The number of carbonyl (C=O) groups excluding carboxylic acids is 1. The third kappa shape index (κ3) is 4.72. The zero-order valence-electron chi connectivity index (χ0n) is 17.9. The molecule has 8 nitrogen and oxygen atoms in total. The largest absolute Gasteiger partial charge is 0.497 e. The van der Waals surface area contributed by atoms with Crippen LogP contribution in [0.5, 0.6) is 5.75 Å². The van der Waals surface area contributed by atoms with E-state index in [1.807, 2.05) is 34.5 Å². The van der Waals surface area contributed by atoms with Gasteiger partial charge in [0.2, 0.25) is 0 Å². The van der Waals surface area contributed by atoms with Crippen molar-refractivity contribution in [3.8, 4) is 17.0 Å². The Kier molecular flexibility index (Phi) is 6.36. The average molecular weight is 453 g/mol. The molecule has 166 valence electrons. The van der Waals surface area contributed by atoms with Gasteiger partial charge in [0.05, 0.1) is 17.7 Å². The van der Waals surface area contributed by atoms with Crippen LogP contribution in [-0.2, 0) is 0 Å². The fourth-order valence-electron chi connectivity index (χ4n) is 3.72. The molecule has 32 heavy (non-hydrogen) atoms. The van der Waals surface area contributed by atoms with Crippen molar-refractivity contribution in [1.82, 2.24) is 4.98 Å². The van der Waals surface area contributed by atoms with Crippen molar-refractivity contribution < 1.29 is 14.5 Å². The fraction of sp³-hybridized carbons (Fsp3) is 0.304. The number of nitrogens with zero attached hydrogens (tertiary/aromatic N) is 3. The molecular weight excluding hydrogens is 428 g/mol. The molecule has 4 rings (SSSR count). The summed E-state index contributed by atoms with van der Waals surface area (Å²) >= 11 is 1.30. The number of nitro groups is 1. The first-order valence-electron chi connectivity index (χ1n) is 10.4. The number of benzene rings is 2. The highest BCUT2D eigenvalue weighted by molar-refractivity contribution is 7.14. The molecule has 1 aliphatic rings. The molecule has 1 aliphatic heterocycles. The first kappa shape index (κ1) is 21.8. The van der Waals surface area contributed by atoms with Crippen molar-refractivity contribution in [2.24, 2.45) is 5.92 Å². The summed E-state index contributed by atoms with van der Waals surface area (Å²) in [7, 11) is 1.61. The highest BCUT2D eigenvalue weighted by Gasteiger charge is 2.25. The molecule has 0 saturated carbocycles. The van der Waals surface area contributed by atoms with Crippen LogP contribution >= 0.6 is 11.3 Å². The zero-order chi connectivity index (χ0) is 22.7. The van der Waals surface area contributed by atoms with Gasteiger partial charge in [0.15, 0.2) is 5.13 Å². The second-order valence-corrected chi connectivity index (χ2v) is 8.71. The summed E-state index contributed by atoms with van der Waals surface area (Å²) in [6, 6.07) is 12.1. The molecule has 0 spiro atoms. The number of rotatable bonds is 6. The van der Waals surface area contributed by atoms with Crippen molar-refractivity contribution in [1.29, 1.82) is 0 Å². The monoisotopic (exact) mass is 452 g/mol. The molecule has 1 N–H and O–H groups in total. The third-order valence-electron chi connectivity index (χ3n) is 5.67. The molecule has 0 radical (unpaired) electrons. The second-order valence-electron chi connectivity index (χ2n) is 7.85. The van der Waals surface area contributed by atoms with Gasteiger partial charge in [-0.05, 0) is 55.2 Å². The smallest absolute Gasteiger partial charge is 0.293 e. The van der Waals surface area contributed by atoms with E-state index in [4.69, 9.17) is 4.74 Å². The Morgan fingerprint density at radius 1 is 1.22 bits per heavy atom. The minimum atomic E-state index is -0.428. The quantitative estimate of drug-likeness (QED) is 0.407. The Morgan fingerprint density at radius 3 is 2.59 bits per heavy atom. The number of methoxy groups -OCH3 is 1. The van der Waals surface area contributed by atoms with Crippen molar-refractivity contribution >= 4 is 33.8 Å². The van der Waals surface area contributed by atoms with Crippen molar-refractivity contribution in [3.05, 3.63) is 63.5 Å². The summed E-state index contributed by atoms with van der Waals surface area (Å²) in [5, 5.41) is 16.7. The summed E-state index contributed by atoms with van der Waals surface area (Å²) < 4.78 is 5.16. The molecule has 1 amide bonds. The van der Waals surface area contributed by atoms with Crippen molar-refractivity contribution in [3.63, 3.8) is 0 Å². The molecule has 0 aliphatic carbocycles. The predicted octanol–water partition coefficient (Wildman–Crippen LogP) is 5.22. The van der Waals surface area contributed by atoms with Gasteiger partial charge in [-0.1, -0.05) is 6.92 Å². The minimum absolute atomic E-state index is 0.0507. The van der Waals surface area contributed by atoms with Gasteiger partial charge in [-0.25, -0.2) is 4.98 Å². The van der Waals surface area contributed by atoms with E-state index in [0.717, 1.165) is 42.9 Å². The number of hydrogen-bond acceptors (Lipinski definition) is 7. The van der Waals surface area contributed by atoms with Crippen LogP contribution in [0.1, 0.15) is 30.1 Å². The number of piperidine rings is 1. The van der Waals surface area contributed by atoms with E-state index < -0.39 is 10.8 Å². The molecular formula is C23H24N4O4S. The van der Waals surface area contributed by atoms with Crippen LogP contribution in [0, 0.1) is 16.0 Å². The lowest BCUT2D eigenvalue weighted by Crippen LogP contribution is -2.33. The summed E-state index contributed by atoms with van der Waals surface area (Å²) in [4.78, 5) is 30.5. The van der Waals surface area contributed by atoms with Crippen LogP contribution in [0.2, 0.25) is 0 Å². The van der Waals surface area contributed by atoms with E-state index >= 15 is 0 Å². The second kappa shape index (κ2) is 9.35. The normalized spacial score (nSPS) is 14.2. The minimum Gasteiger partial charge on any atom is -0.497 e. The number of aromatic nitrogens is 1. The van der Waals surface area contributed by atoms with Gasteiger partial charge in [-0.2, -0.15) is 0 Å². The van der Waals surface area contributed by atoms with Crippen molar-refractivity contribution in [2.45, 2.75) is 19.8 Å². The van der Waals surface area contributed by atoms with Gasteiger partial charge in [-0.15, -0.1) is 11.3 Å². The molecule has 0 bridgehead atoms. The van der Waals surface area contributed by atoms with Crippen LogP contribution in [0.25, 0.3) is 11.3 Å². The SMILES string of the molecule is COc1ccc(-c2csc(NC(=O)c3ccc(N4CCC(C)CC4)c([N+](=O)[O-])c3)n2)cc1. The lowest BCUT2D eigenvalue weighted by molar-refractivity contribution is -0.384. The molecule has 0 atom stereocenters. The number of anilines is 2. The Bertz CT molecular complexity index is 1120. The maximum Gasteiger partial charge on any atom is 0.293 e. The van der Waals surface area contributed by atoms with E-state index in [9.17, 15) is 14.9 Å². The average Bonchev–Trinajstić information content (AvgIpc) is 3.27.